The number of carbonyl (C=O) groups is 2. The highest BCUT2D eigenvalue weighted by Gasteiger charge is 2.35. The van der Waals surface area contributed by atoms with Crippen LogP contribution in [0.15, 0.2) is 24.3 Å². The van der Waals surface area contributed by atoms with E-state index < -0.39 is 0 Å². The van der Waals surface area contributed by atoms with Crippen molar-refractivity contribution in [3.05, 3.63) is 35.4 Å². The van der Waals surface area contributed by atoms with Gasteiger partial charge in [-0.15, -0.1) is 0 Å². The minimum absolute atomic E-state index is 0.0222. The van der Waals surface area contributed by atoms with Gasteiger partial charge in [-0.1, -0.05) is 31.2 Å². The van der Waals surface area contributed by atoms with Gasteiger partial charge < -0.3 is 10.2 Å². The molecule has 4 heteroatoms. The highest BCUT2D eigenvalue weighted by atomic mass is 16.2. The molecule has 2 amide bonds. The third-order valence-corrected chi connectivity index (χ3v) is 4.05. The van der Waals surface area contributed by atoms with Crippen molar-refractivity contribution in [3.63, 3.8) is 0 Å². The van der Waals surface area contributed by atoms with E-state index in [1.807, 2.05) is 26.0 Å². The molecule has 0 saturated carbocycles. The first-order valence-electron chi connectivity index (χ1n) is 7.66. The van der Waals surface area contributed by atoms with Crippen molar-refractivity contribution in [1.82, 2.24) is 10.2 Å². The van der Waals surface area contributed by atoms with Crippen molar-refractivity contribution in [2.75, 3.05) is 6.54 Å². The van der Waals surface area contributed by atoms with Gasteiger partial charge in [-0.2, -0.15) is 0 Å². The van der Waals surface area contributed by atoms with E-state index in [4.69, 9.17) is 0 Å². The molecule has 4 nitrogen and oxygen atoms in total. The average molecular weight is 288 g/mol. The van der Waals surface area contributed by atoms with Gasteiger partial charge in [0, 0.05) is 25.6 Å². The minimum Gasteiger partial charge on any atom is -0.352 e. The predicted molar refractivity (Wildman–Crippen MR) is 82.6 cm³/mol. The lowest BCUT2D eigenvalue weighted by Gasteiger charge is -2.20. The Hall–Kier alpha value is -1.84. The number of nitrogens with one attached hydrogen (secondary N) is 1. The van der Waals surface area contributed by atoms with Crippen molar-refractivity contribution >= 4 is 11.8 Å². The Bertz CT molecular complexity index is 508. The third kappa shape index (κ3) is 3.84. The summed E-state index contributed by atoms with van der Waals surface area (Å²) < 4.78 is 0. The SMILES string of the molecule is CCc1ccc(CNC(=O)[C@@H]2CC(=O)N(C(C)C)C2)cc1. The molecule has 1 saturated heterocycles. The Kier molecular flexibility index (Phi) is 4.99. The lowest BCUT2D eigenvalue weighted by atomic mass is 10.1. The molecule has 1 atom stereocenters. The molecule has 1 aromatic rings. The number of hydrogen-bond acceptors (Lipinski definition) is 2. The van der Waals surface area contributed by atoms with Gasteiger partial charge in [-0.25, -0.2) is 0 Å². The molecule has 1 aliphatic heterocycles. The first-order valence-corrected chi connectivity index (χ1v) is 7.66. The fraction of sp³-hybridized carbons (Fsp3) is 0.529. The van der Waals surface area contributed by atoms with Crippen LogP contribution in [0.5, 0.6) is 0 Å². The molecular formula is C17H24N2O2. The first kappa shape index (κ1) is 15.5. The van der Waals surface area contributed by atoms with Gasteiger partial charge in [0.2, 0.25) is 11.8 Å². The Morgan fingerprint density at radius 2 is 1.90 bits per heavy atom. The van der Waals surface area contributed by atoms with Crippen LogP contribution in [-0.2, 0) is 22.6 Å². The number of carbonyl (C=O) groups excluding carboxylic acids is 2. The van der Waals surface area contributed by atoms with Crippen LogP contribution in [0.25, 0.3) is 0 Å². The molecule has 21 heavy (non-hydrogen) atoms. The van der Waals surface area contributed by atoms with E-state index in [1.165, 1.54) is 5.56 Å². The molecule has 0 aromatic heterocycles. The topological polar surface area (TPSA) is 49.4 Å². The number of likely N-dealkylation sites (tertiary alicyclic amines) is 1. The van der Waals surface area contributed by atoms with E-state index in [-0.39, 0.29) is 23.8 Å². The van der Waals surface area contributed by atoms with Crippen LogP contribution in [0.4, 0.5) is 0 Å². The smallest absolute Gasteiger partial charge is 0.225 e. The molecule has 1 heterocycles. The zero-order valence-electron chi connectivity index (χ0n) is 13.1. The number of rotatable bonds is 5. The van der Waals surface area contributed by atoms with Crippen molar-refractivity contribution in [2.24, 2.45) is 5.92 Å². The van der Waals surface area contributed by atoms with E-state index in [1.54, 1.807) is 4.90 Å². The average Bonchev–Trinajstić information content (AvgIpc) is 2.87. The summed E-state index contributed by atoms with van der Waals surface area (Å²) in [6.07, 6.45) is 1.35. The largest absolute Gasteiger partial charge is 0.352 e. The Morgan fingerprint density at radius 1 is 1.29 bits per heavy atom. The van der Waals surface area contributed by atoms with Crippen LogP contribution in [0.3, 0.4) is 0 Å². The van der Waals surface area contributed by atoms with E-state index in [9.17, 15) is 9.59 Å². The zero-order chi connectivity index (χ0) is 15.4. The second-order valence-electron chi connectivity index (χ2n) is 5.93. The minimum atomic E-state index is -0.213. The molecule has 1 aliphatic rings. The summed E-state index contributed by atoms with van der Waals surface area (Å²) in [4.78, 5) is 25.8. The molecule has 0 aliphatic carbocycles. The van der Waals surface area contributed by atoms with Gasteiger partial charge in [0.1, 0.15) is 0 Å². The first-order chi connectivity index (χ1) is 10.0. The van der Waals surface area contributed by atoms with E-state index >= 15 is 0 Å². The van der Waals surface area contributed by atoms with E-state index in [0.717, 1.165) is 12.0 Å². The molecule has 114 valence electrons. The molecule has 1 aromatic carbocycles. The molecule has 0 unspecified atom stereocenters. The molecule has 0 spiro atoms. The van der Waals surface area contributed by atoms with Crippen molar-refractivity contribution in [1.29, 1.82) is 0 Å². The number of hydrogen-bond donors (Lipinski definition) is 1. The second-order valence-corrected chi connectivity index (χ2v) is 5.93. The monoisotopic (exact) mass is 288 g/mol. The van der Waals surface area contributed by atoms with Gasteiger partial charge in [0.15, 0.2) is 0 Å². The predicted octanol–water partition coefficient (Wildman–Crippen LogP) is 2.12. The van der Waals surface area contributed by atoms with Crippen LogP contribution < -0.4 is 5.32 Å². The van der Waals surface area contributed by atoms with Gasteiger partial charge in [0.05, 0.1) is 5.92 Å². The zero-order valence-corrected chi connectivity index (χ0v) is 13.1. The van der Waals surface area contributed by atoms with E-state index in [2.05, 4.69) is 24.4 Å². The van der Waals surface area contributed by atoms with E-state index in [0.29, 0.717) is 19.5 Å². The lowest BCUT2D eigenvalue weighted by molar-refractivity contribution is -0.129. The number of nitrogens with zero attached hydrogens (tertiary/aromatic N) is 1. The summed E-state index contributed by atoms with van der Waals surface area (Å²) in [7, 11) is 0. The number of amides is 2. The summed E-state index contributed by atoms with van der Waals surface area (Å²) in [6.45, 7) is 7.14. The highest BCUT2D eigenvalue weighted by molar-refractivity contribution is 5.89. The van der Waals surface area contributed by atoms with Crippen LogP contribution in [0.1, 0.15) is 38.3 Å². The van der Waals surface area contributed by atoms with Gasteiger partial charge in [-0.3, -0.25) is 9.59 Å². The molecule has 2 rings (SSSR count). The lowest BCUT2D eigenvalue weighted by Crippen LogP contribution is -2.35. The normalized spacial score (nSPS) is 18.4. The molecule has 1 N–H and O–H groups in total. The highest BCUT2D eigenvalue weighted by Crippen LogP contribution is 2.20. The van der Waals surface area contributed by atoms with Crippen LogP contribution in [0, 0.1) is 5.92 Å². The van der Waals surface area contributed by atoms with Crippen molar-refractivity contribution in [3.8, 4) is 0 Å². The molecule has 0 radical (unpaired) electrons. The van der Waals surface area contributed by atoms with Crippen LogP contribution in [0.2, 0.25) is 0 Å². The van der Waals surface area contributed by atoms with Crippen molar-refractivity contribution in [2.45, 2.75) is 46.2 Å². The van der Waals surface area contributed by atoms with Gasteiger partial charge >= 0.3 is 0 Å². The quantitative estimate of drug-likeness (QED) is 0.902. The Morgan fingerprint density at radius 3 is 2.43 bits per heavy atom. The Labute approximate surface area is 126 Å². The molecule has 0 bridgehead atoms. The maximum atomic E-state index is 12.2. The van der Waals surface area contributed by atoms with Crippen LogP contribution >= 0.6 is 0 Å². The summed E-state index contributed by atoms with van der Waals surface area (Å²) in [5.41, 5.74) is 2.38. The van der Waals surface area contributed by atoms with Crippen LogP contribution in [-0.4, -0.2) is 29.3 Å². The summed E-state index contributed by atoms with van der Waals surface area (Å²) >= 11 is 0. The molecular weight excluding hydrogens is 264 g/mol. The van der Waals surface area contributed by atoms with Gasteiger partial charge in [0.25, 0.3) is 0 Å². The summed E-state index contributed by atoms with van der Waals surface area (Å²) in [5.74, 6) is -0.154. The third-order valence-electron chi connectivity index (χ3n) is 4.05. The van der Waals surface area contributed by atoms with Crippen molar-refractivity contribution < 1.29 is 9.59 Å². The Balaban J connectivity index is 1.86. The second kappa shape index (κ2) is 6.74. The maximum absolute atomic E-state index is 12.2. The number of aryl methyl sites for hydroxylation is 1. The summed E-state index contributed by atoms with van der Waals surface area (Å²) in [6, 6.07) is 8.41. The summed E-state index contributed by atoms with van der Waals surface area (Å²) in [5, 5.41) is 2.94. The standard InChI is InChI=1S/C17H24N2O2/c1-4-13-5-7-14(8-6-13)10-18-17(21)15-9-16(20)19(11-15)12(2)3/h5-8,12,15H,4,9-11H2,1-3H3,(H,18,21)/t15-/m1/s1. The van der Waals surface area contributed by atoms with Gasteiger partial charge in [-0.05, 0) is 31.4 Å². The fourth-order valence-electron chi connectivity index (χ4n) is 2.63. The molecule has 1 fully saturated rings. The fourth-order valence-corrected chi connectivity index (χ4v) is 2.63. The number of benzene rings is 1. The maximum Gasteiger partial charge on any atom is 0.225 e.